The maximum Gasteiger partial charge on any atom is 0.409 e. The van der Waals surface area contributed by atoms with Crippen molar-refractivity contribution in [3.63, 3.8) is 0 Å². The fourth-order valence-electron chi connectivity index (χ4n) is 2.07. The van der Waals surface area contributed by atoms with Crippen LogP contribution in [0.15, 0.2) is 42.5 Å². The van der Waals surface area contributed by atoms with Crippen LogP contribution in [0.1, 0.15) is 26.3 Å². The van der Waals surface area contributed by atoms with Crippen LogP contribution in [0.4, 0.5) is 13.2 Å². The average molecular weight is 314 g/mol. The molecule has 120 valence electrons. The molecule has 6 heteroatoms. The molecule has 0 unspecified atom stereocenters. The van der Waals surface area contributed by atoms with Crippen LogP contribution in [0, 0.1) is 5.41 Å². The number of cyclic esters (lactones) is 1. The first-order valence-corrected chi connectivity index (χ1v) is 6.76. The molecular formula is C16H17F3O3. The lowest BCUT2D eigenvalue weighted by atomic mass is 9.92. The molecule has 0 amide bonds. The number of alkyl halides is 3. The Morgan fingerprint density at radius 1 is 1.14 bits per heavy atom. The highest BCUT2D eigenvalue weighted by molar-refractivity contribution is 5.85. The molecule has 0 aliphatic carbocycles. The van der Waals surface area contributed by atoms with Gasteiger partial charge in [-0.1, -0.05) is 51.1 Å². The molecule has 0 aromatic heterocycles. The number of ether oxygens (including phenoxy) is 2. The number of esters is 1. The quantitative estimate of drug-likeness (QED) is 0.612. The summed E-state index contributed by atoms with van der Waals surface area (Å²) in [6.45, 7) is 5.33. The molecule has 2 rings (SSSR count). The van der Waals surface area contributed by atoms with E-state index in [0.717, 1.165) is 6.08 Å². The maximum atomic E-state index is 12.6. The van der Waals surface area contributed by atoms with Crippen molar-refractivity contribution < 1.29 is 27.4 Å². The minimum absolute atomic E-state index is 0.00625. The second-order valence-corrected chi connectivity index (χ2v) is 6.20. The number of carbonyl (C=O) groups is 1. The highest BCUT2D eigenvalue weighted by Gasteiger charge is 2.53. The third-order valence-electron chi connectivity index (χ3n) is 3.23. The van der Waals surface area contributed by atoms with Gasteiger partial charge in [0.15, 0.2) is 0 Å². The third-order valence-corrected chi connectivity index (χ3v) is 3.23. The van der Waals surface area contributed by atoms with Crippen molar-refractivity contribution in [3.8, 4) is 0 Å². The average Bonchev–Trinajstić information content (AvgIpc) is 2.75. The summed E-state index contributed by atoms with van der Waals surface area (Å²) in [4.78, 5) is 12.3. The number of halogens is 3. The second kappa shape index (κ2) is 5.43. The summed E-state index contributed by atoms with van der Waals surface area (Å²) in [5.74, 6) is -0.848. The van der Waals surface area contributed by atoms with Gasteiger partial charge in [-0.3, -0.25) is 0 Å². The van der Waals surface area contributed by atoms with E-state index in [0.29, 0.717) is 5.56 Å². The van der Waals surface area contributed by atoms with Crippen LogP contribution >= 0.6 is 0 Å². The van der Waals surface area contributed by atoms with Crippen LogP contribution < -0.4 is 0 Å². The van der Waals surface area contributed by atoms with Crippen molar-refractivity contribution in [2.45, 2.75) is 38.8 Å². The van der Waals surface area contributed by atoms with Gasteiger partial charge in [0, 0.05) is 11.5 Å². The molecule has 0 bridgehead atoms. The van der Waals surface area contributed by atoms with E-state index >= 15 is 0 Å². The Bertz CT molecular complexity index is 573. The van der Waals surface area contributed by atoms with Crippen LogP contribution in [-0.4, -0.2) is 18.4 Å². The summed E-state index contributed by atoms with van der Waals surface area (Å²) in [5.41, 5.74) is -2.14. The Hall–Kier alpha value is -1.82. The monoisotopic (exact) mass is 314 g/mol. The second-order valence-electron chi connectivity index (χ2n) is 6.20. The topological polar surface area (TPSA) is 35.5 Å². The van der Waals surface area contributed by atoms with E-state index in [4.69, 9.17) is 9.47 Å². The number of rotatable bonds is 2. The first-order valence-electron chi connectivity index (χ1n) is 6.76. The van der Waals surface area contributed by atoms with E-state index in [-0.39, 0.29) is 6.08 Å². The Balaban J connectivity index is 2.49. The predicted molar refractivity (Wildman–Crippen MR) is 73.7 cm³/mol. The highest BCUT2D eigenvalue weighted by atomic mass is 19.4. The lowest BCUT2D eigenvalue weighted by Gasteiger charge is -2.27. The van der Waals surface area contributed by atoms with Gasteiger partial charge in [-0.15, -0.1) is 0 Å². The summed E-state index contributed by atoms with van der Waals surface area (Å²) in [5, 5.41) is 0. The smallest absolute Gasteiger partial charge is 0.409 e. The Morgan fingerprint density at radius 2 is 1.73 bits per heavy atom. The number of hydrogen-bond donors (Lipinski definition) is 0. The van der Waals surface area contributed by atoms with Crippen LogP contribution in [0.3, 0.4) is 0 Å². The van der Waals surface area contributed by atoms with Gasteiger partial charge in [0.05, 0.1) is 0 Å². The zero-order valence-electron chi connectivity index (χ0n) is 12.5. The van der Waals surface area contributed by atoms with Crippen LogP contribution in [0.2, 0.25) is 0 Å². The molecule has 3 nitrogen and oxygen atoms in total. The number of hydrogen-bond acceptors (Lipinski definition) is 3. The molecule has 1 aliphatic rings. The fourth-order valence-corrected chi connectivity index (χ4v) is 2.07. The van der Waals surface area contributed by atoms with Crippen molar-refractivity contribution in [3.05, 3.63) is 48.0 Å². The normalized spacial score (nSPS) is 26.5. The molecule has 1 aliphatic heterocycles. The third kappa shape index (κ3) is 3.32. The highest BCUT2D eigenvalue weighted by Crippen LogP contribution is 2.42. The minimum atomic E-state index is -4.55. The van der Waals surface area contributed by atoms with Crippen LogP contribution in [0.5, 0.6) is 0 Å². The molecule has 1 aromatic rings. The van der Waals surface area contributed by atoms with Gasteiger partial charge in [0.1, 0.15) is 0 Å². The van der Waals surface area contributed by atoms with Crippen LogP contribution in [0.25, 0.3) is 0 Å². The van der Waals surface area contributed by atoms with Gasteiger partial charge in [-0.25, -0.2) is 4.79 Å². The lowest BCUT2D eigenvalue weighted by molar-refractivity contribution is -0.155. The van der Waals surface area contributed by atoms with Gasteiger partial charge in [-0.05, 0) is 11.6 Å². The summed E-state index contributed by atoms with van der Waals surface area (Å²) in [6, 6.07) is 8.02. The Morgan fingerprint density at radius 3 is 2.18 bits per heavy atom. The van der Waals surface area contributed by atoms with Crippen molar-refractivity contribution in [2.75, 3.05) is 0 Å². The van der Waals surface area contributed by atoms with Crippen molar-refractivity contribution in [2.24, 2.45) is 5.41 Å². The van der Waals surface area contributed by atoms with E-state index in [1.807, 2.05) is 0 Å². The van der Waals surface area contributed by atoms with Gasteiger partial charge in [-0.2, -0.15) is 13.2 Å². The molecule has 0 saturated carbocycles. The summed E-state index contributed by atoms with van der Waals surface area (Å²) in [6.07, 6.45) is -4.76. The largest absolute Gasteiger partial charge is 0.432 e. The summed E-state index contributed by atoms with van der Waals surface area (Å²) < 4.78 is 48.5. The van der Waals surface area contributed by atoms with Gasteiger partial charge in [0.25, 0.3) is 0 Å². The SMILES string of the molecule is CC(C)(C)[C@@H]1OC(=O)[C@](/C=C\C(F)(F)F)(c2ccccc2)O1. The molecular weight excluding hydrogens is 297 g/mol. The van der Waals surface area contributed by atoms with E-state index in [1.165, 1.54) is 12.1 Å². The molecule has 22 heavy (non-hydrogen) atoms. The van der Waals surface area contributed by atoms with Crippen LogP contribution in [-0.2, 0) is 19.9 Å². The number of carbonyl (C=O) groups excluding carboxylic acids is 1. The molecule has 1 fully saturated rings. The van der Waals surface area contributed by atoms with Crippen molar-refractivity contribution in [1.29, 1.82) is 0 Å². The summed E-state index contributed by atoms with van der Waals surface area (Å²) in [7, 11) is 0. The molecule has 1 heterocycles. The molecule has 0 radical (unpaired) electrons. The molecule has 1 aromatic carbocycles. The molecule has 1 saturated heterocycles. The number of benzene rings is 1. The van der Waals surface area contributed by atoms with Gasteiger partial charge < -0.3 is 9.47 Å². The Labute approximate surface area is 126 Å². The van der Waals surface area contributed by atoms with Crippen molar-refractivity contribution >= 4 is 5.97 Å². The number of allylic oxidation sites excluding steroid dienone is 1. The van der Waals surface area contributed by atoms with E-state index in [9.17, 15) is 18.0 Å². The first kappa shape index (κ1) is 16.5. The molecule has 2 atom stereocenters. The first-order chi connectivity index (χ1) is 10.0. The summed E-state index contributed by atoms with van der Waals surface area (Å²) >= 11 is 0. The zero-order chi connectivity index (χ0) is 16.6. The lowest BCUT2D eigenvalue weighted by Crippen LogP contribution is -2.33. The standard InChI is InChI=1S/C16H17F3O3/c1-14(2,3)13-21-12(20)15(22-13,9-10-16(17,18)19)11-7-5-4-6-8-11/h4-10,13H,1-3H3/b10-9-/t13-,15+/m1/s1. The minimum Gasteiger partial charge on any atom is -0.432 e. The van der Waals surface area contributed by atoms with Gasteiger partial charge >= 0.3 is 12.1 Å². The van der Waals surface area contributed by atoms with E-state index in [2.05, 4.69) is 0 Å². The predicted octanol–water partition coefficient (Wildman–Crippen LogP) is 3.95. The van der Waals surface area contributed by atoms with Crippen molar-refractivity contribution in [1.82, 2.24) is 0 Å². The Kier molecular flexibility index (Phi) is 4.08. The van der Waals surface area contributed by atoms with Gasteiger partial charge in [0.2, 0.25) is 11.9 Å². The zero-order valence-corrected chi connectivity index (χ0v) is 12.5. The molecule has 0 N–H and O–H groups in total. The van der Waals surface area contributed by atoms with E-state index < -0.39 is 29.5 Å². The fraction of sp³-hybridized carbons (Fsp3) is 0.438. The van der Waals surface area contributed by atoms with E-state index in [1.54, 1.807) is 39.0 Å². The molecule has 0 spiro atoms. The maximum absolute atomic E-state index is 12.6.